The number of fused-ring (bicyclic) bond motifs is 1. The summed E-state index contributed by atoms with van der Waals surface area (Å²) in [6, 6.07) is 28.5. The molecule has 1 aromatic heterocycles. The van der Waals surface area contributed by atoms with Gasteiger partial charge in [0.25, 0.3) is 0 Å². The van der Waals surface area contributed by atoms with E-state index >= 15 is 0 Å². The van der Waals surface area contributed by atoms with E-state index in [4.69, 9.17) is 24.7 Å². The molecule has 224 valence electrons. The lowest BCUT2D eigenvalue weighted by molar-refractivity contribution is -0.295. The molecule has 0 bridgehead atoms. The fourth-order valence-electron chi connectivity index (χ4n) is 5.95. The van der Waals surface area contributed by atoms with Crippen molar-refractivity contribution in [1.29, 1.82) is 0 Å². The zero-order valence-corrected chi connectivity index (χ0v) is 24.4. The SMILES string of the molecule is CC(c1c[nH]c2ccccc12)[C@@H]1[C@@H](OCc2ccccc2)[C@H](OCc2ccccc2)[C@@H](COCCCCCN)O[C@H]1O. The zero-order chi connectivity index (χ0) is 29.1. The van der Waals surface area contributed by atoms with Gasteiger partial charge in [-0.05, 0) is 54.5 Å². The Morgan fingerprint density at radius 1 is 0.833 bits per heavy atom. The molecule has 5 rings (SSSR count). The molecule has 42 heavy (non-hydrogen) atoms. The third kappa shape index (κ3) is 7.67. The van der Waals surface area contributed by atoms with Crippen molar-refractivity contribution in [3.63, 3.8) is 0 Å². The molecule has 1 fully saturated rings. The molecule has 0 spiro atoms. The number of aliphatic hydroxyl groups is 1. The number of nitrogens with one attached hydrogen (secondary N) is 1. The van der Waals surface area contributed by atoms with Crippen molar-refractivity contribution in [3.8, 4) is 0 Å². The second-order valence-electron chi connectivity index (χ2n) is 11.2. The molecule has 0 radical (unpaired) electrons. The molecule has 2 heterocycles. The standard InChI is InChI=1S/C35H44N2O5/c1-25(29-21-37-30-18-10-9-17-28(29)30)32-34(41-23-27-15-7-3-8-16-27)33(40-22-26-13-5-2-6-14-26)31(42-35(32)38)24-39-20-12-4-11-19-36/h2-3,5-10,13-18,21,25,31-35,37-38H,4,11-12,19-20,22-24,36H2,1H3/t25?,31-,32-,33-,34-,35-/m1/s1. The number of para-hydroxylation sites is 1. The summed E-state index contributed by atoms with van der Waals surface area (Å²) in [6.07, 6.45) is 2.50. The maximum Gasteiger partial charge on any atom is 0.161 e. The third-order valence-corrected chi connectivity index (χ3v) is 8.25. The zero-order valence-electron chi connectivity index (χ0n) is 24.4. The molecule has 7 heteroatoms. The van der Waals surface area contributed by atoms with E-state index in [9.17, 15) is 5.11 Å². The van der Waals surface area contributed by atoms with Crippen molar-refractivity contribution < 1.29 is 24.1 Å². The van der Waals surface area contributed by atoms with Gasteiger partial charge in [-0.15, -0.1) is 0 Å². The summed E-state index contributed by atoms with van der Waals surface area (Å²) in [7, 11) is 0. The molecule has 0 saturated carbocycles. The largest absolute Gasteiger partial charge is 0.379 e. The minimum Gasteiger partial charge on any atom is -0.379 e. The van der Waals surface area contributed by atoms with E-state index in [0.717, 1.165) is 46.9 Å². The molecule has 0 amide bonds. The van der Waals surface area contributed by atoms with E-state index in [0.29, 0.717) is 33.0 Å². The Balaban J connectivity index is 1.42. The third-order valence-electron chi connectivity index (χ3n) is 8.25. The van der Waals surface area contributed by atoms with Gasteiger partial charge in [0.05, 0.1) is 25.9 Å². The van der Waals surface area contributed by atoms with Gasteiger partial charge < -0.3 is 34.8 Å². The van der Waals surface area contributed by atoms with Crippen LogP contribution >= 0.6 is 0 Å². The van der Waals surface area contributed by atoms with Crippen molar-refractivity contribution in [2.75, 3.05) is 19.8 Å². The summed E-state index contributed by atoms with van der Waals surface area (Å²) >= 11 is 0. The van der Waals surface area contributed by atoms with Gasteiger partial charge >= 0.3 is 0 Å². The molecule has 1 aliphatic heterocycles. The van der Waals surface area contributed by atoms with Crippen molar-refractivity contribution in [1.82, 2.24) is 4.98 Å². The molecule has 6 atom stereocenters. The lowest BCUT2D eigenvalue weighted by Crippen LogP contribution is -2.58. The molecule has 1 aliphatic rings. The predicted molar refractivity (Wildman–Crippen MR) is 165 cm³/mol. The second kappa shape index (κ2) is 15.4. The Morgan fingerprint density at radius 3 is 2.17 bits per heavy atom. The van der Waals surface area contributed by atoms with Crippen LogP contribution in [0, 0.1) is 5.92 Å². The Labute approximate surface area is 248 Å². The van der Waals surface area contributed by atoms with Crippen molar-refractivity contribution in [2.24, 2.45) is 11.7 Å². The van der Waals surface area contributed by atoms with E-state index in [1.54, 1.807) is 0 Å². The Hall–Kier alpha value is -3.04. The number of H-pyrrole nitrogens is 1. The first-order valence-corrected chi connectivity index (χ1v) is 15.1. The maximum absolute atomic E-state index is 11.6. The van der Waals surface area contributed by atoms with Gasteiger partial charge in [-0.2, -0.15) is 0 Å². The molecule has 3 aromatic carbocycles. The first-order chi connectivity index (χ1) is 20.7. The van der Waals surface area contributed by atoms with E-state index < -0.39 is 24.6 Å². The van der Waals surface area contributed by atoms with Crippen LogP contribution in [0.5, 0.6) is 0 Å². The number of aromatic nitrogens is 1. The summed E-state index contributed by atoms with van der Waals surface area (Å²) < 4.78 is 25.8. The van der Waals surface area contributed by atoms with E-state index in [2.05, 4.69) is 36.2 Å². The van der Waals surface area contributed by atoms with Crippen LogP contribution < -0.4 is 5.73 Å². The summed E-state index contributed by atoms with van der Waals surface area (Å²) in [5.41, 5.74) is 9.94. The van der Waals surface area contributed by atoms with Crippen LogP contribution in [0.2, 0.25) is 0 Å². The number of hydrogen-bond acceptors (Lipinski definition) is 6. The highest BCUT2D eigenvalue weighted by Gasteiger charge is 2.49. The molecule has 7 nitrogen and oxygen atoms in total. The number of hydrogen-bond donors (Lipinski definition) is 3. The highest BCUT2D eigenvalue weighted by Crippen LogP contribution is 2.41. The van der Waals surface area contributed by atoms with Gasteiger partial charge in [0.15, 0.2) is 6.29 Å². The molecule has 4 aromatic rings. The van der Waals surface area contributed by atoms with Gasteiger partial charge in [-0.25, -0.2) is 0 Å². The average Bonchev–Trinajstić information content (AvgIpc) is 3.46. The average molecular weight is 573 g/mol. The van der Waals surface area contributed by atoms with Crippen LogP contribution in [-0.2, 0) is 32.2 Å². The molecule has 1 unspecified atom stereocenters. The molecular formula is C35H44N2O5. The van der Waals surface area contributed by atoms with E-state index in [1.807, 2.05) is 66.9 Å². The van der Waals surface area contributed by atoms with E-state index in [-0.39, 0.29) is 11.8 Å². The highest BCUT2D eigenvalue weighted by atomic mass is 16.7. The number of benzene rings is 3. The number of nitrogens with two attached hydrogens (primary N) is 1. The van der Waals surface area contributed by atoms with Gasteiger partial charge in [-0.3, -0.25) is 0 Å². The minimum absolute atomic E-state index is 0.0853. The van der Waals surface area contributed by atoms with Crippen LogP contribution in [-0.4, -0.2) is 54.5 Å². The van der Waals surface area contributed by atoms with Crippen LogP contribution in [0.25, 0.3) is 10.9 Å². The number of ether oxygens (including phenoxy) is 4. The fourth-order valence-corrected chi connectivity index (χ4v) is 5.95. The summed E-state index contributed by atoms with van der Waals surface area (Å²) in [4.78, 5) is 3.39. The summed E-state index contributed by atoms with van der Waals surface area (Å²) in [5, 5.41) is 12.7. The second-order valence-corrected chi connectivity index (χ2v) is 11.2. The van der Waals surface area contributed by atoms with Gasteiger partial charge in [0.2, 0.25) is 0 Å². The van der Waals surface area contributed by atoms with Crippen LogP contribution in [0.15, 0.2) is 91.1 Å². The van der Waals surface area contributed by atoms with Gasteiger partial charge in [0.1, 0.15) is 12.2 Å². The summed E-state index contributed by atoms with van der Waals surface area (Å²) in [5.74, 6) is -0.465. The molecule has 1 saturated heterocycles. The highest BCUT2D eigenvalue weighted by molar-refractivity contribution is 5.83. The Bertz CT molecular complexity index is 1330. The van der Waals surface area contributed by atoms with Gasteiger partial charge in [0, 0.05) is 29.6 Å². The maximum atomic E-state index is 11.6. The minimum atomic E-state index is -1.06. The lowest BCUT2D eigenvalue weighted by atomic mass is 9.78. The fraction of sp³-hybridized carbons (Fsp3) is 0.429. The normalized spacial score (nSPS) is 23.3. The predicted octanol–water partition coefficient (Wildman–Crippen LogP) is 5.92. The van der Waals surface area contributed by atoms with Crippen molar-refractivity contribution >= 4 is 10.9 Å². The number of rotatable bonds is 15. The first-order valence-electron chi connectivity index (χ1n) is 15.1. The smallest absolute Gasteiger partial charge is 0.161 e. The van der Waals surface area contributed by atoms with Crippen molar-refractivity contribution in [2.45, 2.75) is 69.9 Å². The number of unbranched alkanes of at least 4 members (excludes halogenated alkanes) is 2. The first kappa shape index (κ1) is 30.4. The quantitative estimate of drug-likeness (QED) is 0.153. The molecule has 4 N–H and O–H groups in total. The van der Waals surface area contributed by atoms with Crippen LogP contribution in [0.3, 0.4) is 0 Å². The van der Waals surface area contributed by atoms with Gasteiger partial charge in [-0.1, -0.05) is 85.8 Å². The molecular weight excluding hydrogens is 528 g/mol. The van der Waals surface area contributed by atoms with Crippen molar-refractivity contribution in [3.05, 3.63) is 108 Å². The lowest BCUT2D eigenvalue weighted by Gasteiger charge is -2.47. The Morgan fingerprint density at radius 2 is 1.48 bits per heavy atom. The number of aromatic amines is 1. The Kier molecular flexibility index (Phi) is 11.2. The topological polar surface area (TPSA) is 99.0 Å². The number of aliphatic hydroxyl groups excluding tert-OH is 1. The summed E-state index contributed by atoms with van der Waals surface area (Å²) in [6.45, 7) is 4.52. The van der Waals surface area contributed by atoms with E-state index in [1.165, 1.54) is 0 Å². The monoisotopic (exact) mass is 572 g/mol. The van der Waals surface area contributed by atoms with Crippen LogP contribution in [0.1, 0.15) is 48.8 Å². The molecule has 0 aliphatic carbocycles. The van der Waals surface area contributed by atoms with Crippen LogP contribution in [0.4, 0.5) is 0 Å².